The number of alkyl halides is 3. The predicted molar refractivity (Wildman–Crippen MR) is 122 cm³/mol. The van der Waals surface area contributed by atoms with E-state index in [-0.39, 0.29) is 6.03 Å². The Kier molecular flexibility index (Phi) is 5.63. The largest absolute Gasteiger partial charge is 0.416 e. The second kappa shape index (κ2) is 8.01. The van der Waals surface area contributed by atoms with E-state index in [0.717, 1.165) is 12.1 Å². The summed E-state index contributed by atoms with van der Waals surface area (Å²) in [5.74, 6) is 0. The van der Waals surface area contributed by atoms with Crippen LogP contribution in [0.5, 0.6) is 0 Å². The summed E-state index contributed by atoms with van der Waals surface area (Å²) in [4.78, 5) is 16.8. The standard InChI is InChI=1S/C24H19Cl2F3N2O/c1-23(2)21(15-6-3-7-16(12-15)24(27,28)29)30(19-10-4-8-17(25)13-19)22(32)31(23)20-11-5-9-18(26)14-20/h3-14,21H,1-2H3/t21-/m0/s1. The molecule has 0 saturated carbocycles. The topological polar surface area (TPSA) is 23.6 Å². The molecular weight excluding hydrogens is 460 g/mol. The normalized spacial score (nSPS) is 18.3. The third-order valence-electron chi connectivity index (χ3n) is 5.58. The number of hydrogen-bond donors (Lipinski definition) is 0. The average Bonchev–Trinajstić information content (AvgIpc) is 2.92. The van der Waals surface area contributed by atoms with Gasteiger partial charge in [-0.25, -0.2) is 4.79 Å². The number of hydrogen-bond acceptors (Lipinski definition) is 1. The molecular formula is C24H19Cl2F3N2O. The fraction of sp³-hybridized carbons (Fsp3) is 0.208. The first-order valence-corrected chi connectivity index (χ1v) is 10.6. The number of amides is 2. The van der Waals surface area contributed by atoms with E-state index in [1.54, 1.807) is 59.5 Å². The molecule has 4 rings (SSSR count). The van der Waals surface area contributed by atoms with E-state index < -0.39 is 23.3 Å². The molecule has 0 spiro atoms. The van der Waals surface area contributed by atoms with Crippen molar-refractivity contribution in [2.24, 2.45) is 0 Å². The fourth-order valence-corrected chi connectivity index (χ4v) is 4.66. The van der Waals surface area contributed by atoms with Gasteiger partial charge in [-0.05, 0) is 67.9 Å². The number of rotatable bonds is 3. The first-order valence-electron chi connectivity index (χ1n) is 9.82. The molecule has 1 saturated heterocycles. The molecule has 0 N–H and O–H groups in total. The molecule has 0 bridgehead atoms. The van der Waals surface area contributed by atoms with Crippen molar-refractivity contribution < 1.29 is 18.0 Å². The number of benzene rings is 3. The van der Waals surface area contributed by atoms with Crippen molar-refractivity contribution in [1.82, 2.24) is 0 Å². The lowest BCUT2D eigenvalue weighted by Crippen LogP contribution is -2.43. The van der Waals surface area contributed by atoms with Crippen molar-refractivity contribution in [3.63, 3.8) is 0 Å². The molecule has 8 heteroatoms. The van der Waals surface area contributed by atoms with Crippen molar-refractivity contribution in [2.45, 2.75) is 31.6 Å². The molecule has 32 heavy (non-hydrogen) atoms. The summed E-state index contributed by atoms with van der Waals surface area (Å²) in [6.07, 6.45) is -4.50. The lowest BCUT2D eigenvalue weighted by molar-refractivity contribution is -0.137. The van der Waals surface area contributed by atoms with Crippen LogP contribution >= 0.6 is 23.2 Å². The molecule has 0 aliphatic carbocycles. The fourth-order valence-electron chi connectivity index (χ4n) is 4.29. The van der Waals surface area contributed by atoms with E-state index >= 15 is 0 Å². The highest BCUT2D eigenvalue weighted by molar-refractivity contribution is 6.31. The minimum Gasteiger partial charge on any atom is -0.286 e. The van der Waals surface area contributed by atoms with Crippen molar-refractivity contribution in [3.05, 3.63) is 94.0 Å². The Morgan fingerprint density at radius 3 is 2.00 bits per heavy atom. The van der Waals surface area contributed by atoms with Gasteiger partial charge in [-0.1, -0.05) is 47.5 Å². The van der Waals surface area contributed by atoms with E-state index in [1.165, 1.54) is 11.0 Å². The molecule has 3 aromatic carbocycles. The van der Waals surface area contributed by atoms with Gasteiger partial charge in [-0.2, -0.15) is 13.2 Å². The Labute approximate surface area is 194 Å². The first-order chi connectivity index (χ1) is 15.0. The van der Waals surface area contributed by atoms with Gasteiger partial charge in [0.25, 0.3) is 0 Å². The maximum atomic E-state index is 13.8. The molecule has 3 aromatic rings. The Hall–Kier alpha value is -2.70. The van der Waals surface area contributed by atoms with Crippen LogP contribution in [0, 0.1) is 0 Å². The predicted octanol–water partition coefficient (Wildman–Crippen LogP) is 7.98. The van der Waals surface area contributed by atoms with Gasteiger partial charge in [0.1, 0.15) is 0 Å². The Morgan fingerprint density at radius 2 is 1.41 bits per heavy atom. The van der Waals surface area contributed by atoms with E-state index in [9.17, 15) is 18.0 Å². The van der Waals surface area contributed by atoms with E-state index in [0.29, 0.717) is 27.0 Å². The van der Waals surface area contributed by atoms with Gasteiger partial charge in [0, 0.05) is 21.4 Å². The number of halogens is 5. The summed E-state index contributed by atoms with van der Waals surface area (Å²) in [5, 5.41) is 0.861. The smallest absolute Gasteiger partial charge is 0.286 e. The first kappa shape index (κ1) is 22.5. The number of nitrogens with zero attached hydrogens (tertiary/aromatic N) is 2. The molecule has 0 unspecified atom stereocenters. The zero-order valence-corrected chi connectivity index (χ0v) is 18.7. The van der Waals surface area contributed by atoms with Gasteiger partial charge in [0.15, 0.2) is 0 Å². The monoisotopic (exact) mass is 478 g/mol. The minimum absolute atomic E-state index is 0.364. The van der Waals surface area contributed by atoms with Crippen LogP contribution in [0.4, 0.5) is 29.3 Å². The van der Waals surface area contributed by atoms with Gasteiger partial charge in [-0.15, -0.1) is 0 Å². The molecule has 2 amide bonds. The molecule has 3 nitrogen and oxygen atoms in total. The molecule has 1 fully saturated rings. The van der Waals surface area contributed by atoms with Gasteiger partial charge >= 0.3 is 12.2 Å². The van der Waals surface area contributed by atoms with Gasteiger partial charge in [0.2, 0.25) is 0 Å². The van der Waals surface area contributed by atoms with Crippen LogP contribution in [0.3, 0.4) is 0 Å². The lowest BCUT2D eigenvalue weighted by atomic mass is 9.87. The molecule has 0 radical (unpaired) electrons. The zero-order chi connectivity index (χ0) is 23.3. The SMILES string of the molecule is CC1(C)[C@H](c2cccc(C(F)(F)F)c2)N(c2cccc(Cl)c2)C(=O)N1c1cccc(Cl)c1. The van der Waals surface area contributed by atoms with Crippen molar-refractivity contribution in [3.8, 4) is 0 Å². The van der Waals surface area contributed by atoms with Gasteiger partial charge in [-0.3, -0.25) is 9.80 Å². The average molecular weight is 479 g/mol. The molecule has 166 valence electrons. The number of anilines is 2. The van der Waals surface area contributed by atoms with Crippen LogP contribution in [-0.2, 0) is 6.18 Å². The second-order valence-electron chi connectivity index (χ2n) is 8.13. The van der Waals surface area contributed by atoms with Crippen molar-refractivity contribution in [1.29, 1.82) is 0 Å². The second-order valence-corrected chi connectivity index (χ2v) is 9.00. The Morgan fingerprint density at radius 1 is 0.844 bits per heavy atom. The van der Waals surface area contributed by atoms with Gasteiger partial charge in [0.05, 0.1) is 17.1 Å². The third kappa shape index (κ3) is 3.93. The summed E-state index contributed by atoms with van der Waals surface area (Å²) in [6.45, 7) is 3.64. The third-order valence-corrected chi connectivity index (χ3v) is 6.05. The number of carbonyl (C=O) groups is 1. The maximum absolute atomic E-state index is 13.8. The highest BCUT2D eigenvalue weighted by atomic mass is 35.5. The molecule has 0 aromatic heterocycles. The maximum Gasteiger partial charge on any atom is 0.416 e. The molecule has 1 atom stereocenters. The Balaban J connectivity index is 1.93. The van der Waals surface area contributed by atoms with Crippen LogP contribution in [-0.4, -0.2) is 11.6 Å². The highest BCUT2D eigenvalue weighted by Gasteiger charge is 2.53. The van der Waals surface area contributed by atoms with Crippen LogP contribution in [0.15, 0.2) is 72.8 Å². The van der Waals surface area contributed by atoms with Crippen LogP contribution < -0.4 is 9.80 Å². The highest BCUT2D eigenvalue weighted by Crippen LogP contribution is 2.48. The lowest BCUT2D eigenvalue weighted by Gasteiger charge is -2.35. The quantitative estimate of drug-likeness (QED) is 0.374. The van der Waals surface area contributed by atoms with Crippen molar-refractivity contribution >= 4 is 40.6 Å². The summed E-state index contributed by atoms with van der Waals surface area (Å²) in [7, 11) is 0. The number of carbonyl (C=O) groups excluding carboxylic acids is 1. The van der Waals surface area contributed by atoms with Crippen molar-refractivity contribution in [2.75, 3.05) is 9.80 Å². The van der Waals surface area contributed by atoms with Crippen LogP contribution in [0.25, 0.3) is 0 Å². The molecule has 1 aliphatic rings. The van der Waals surface area contributed by atoms with Gasteiger partial charge < -0.3 is 0 Å². The van der Waals surface area contributed by atoms with E-state index in [1.807, 2.05) is 13.8 Å². The number of urea groups is 1. The van der Waals surface area contributed by atoms with E-state index in [4.69, 9.17) is 23.2 Å². The van der Waals surface area contributed by atoms with E-state index in [2.05, 4.69) is 0 Å². The summed E-state index contributed by atoms with van der Waals surface area (Å²) in [6, 6.07) is 17.5. The summed E-state index contributed by atoms with van der Waals surface area (Å²) < 4.78 is 40.4. The van der Waals surface area contributed by atoms with Crippen LogP contribution in [0.2, 0.25) is 10.0 Å². The Bertz CT molecular complexity index is 1180. The van der Waals surface area contributed by atoms with Crippen LogP contribution in [0.1, 0.15) is 31.0 Å². The molecule has 1 aliphatic heterocycles. The minimum atomic E-state index is -4.50. The summed E-state index contributed by atoms with van der Waals surface area (Å²) in [5.41, 5.74) is -0.293. The zero-order valence-electron chi connectivity index (χ0n) is 17.2. The molecule has 1 heterocycles. The summed E-state index contributed by atoms with van der Waals surface area (Å²) >= 11 is 12.3.